The Morgan fingerprint density at radius 1 is 1.21 bits per heavy atom. The van der Waals surface area contributed by atoms with E-state index in [9.17, 15) is 27.9 Å². The van der Waals surface area contributed by atoms with Crippen LogP contribution in [0.2, 0.25) is 0 Å². The zero-order chi connectivity index (χ0) is 24.3. The van der Waals surface area contributed by atoms with Gasteiger partial charge in [0, 0.05) is 0 Å². The van der Waals surface area contributed by atoms with E-state index in [1.165, 1.54) is 44.6 Å². The van der Waals surface area contributed by atoms with Crippen LogP contribution in [-0.2, 0) is 15.8 Å². The summed E-state index contributed by atoms with van der Waals surface area (Å²) in [7, 11) is 2.71. The maximum absolute atomic E-state index is 13.1. The van der Waals surface area contributed by atoms with Crippen LogP contribution in [0.15, 0.2) is 41.3 Å². The number of phenols is 1. The molecule has 2 N–H and O–H groups in total. The number of benzene rings is 2. The van der Waals surface area contributed by atoms with Gasteiger partial charge in [-0.1, -0.05) is 36.1 Å². The normalized spacial score (nSPS) is 15.2. The third kappa shape index (κ3) is 5.40. The van der Waals surface area contributed by atoms with Gasteiger partial charge in [0.25, 0.3) is 5.91 Å². The molecule has 0 aromatic heterocycles. The van der Waals surface area contributed by atoms with E-state index >= 15 is 0 Å². The molecule has 2 aromatic rings. The minimum absolute atomic E-state index is 0.0724. The van der Waals surface area contributed by atoms with Crippen LogP contribution in [0.5, 0.6) is 17.2 Å². The Bertz CT molecular complexity index is 1130. The van der Waals surface area contributed by atoms with E-state index in [0.717, 1.165) is 28.8 Å². The fraction of sp³-hybridized carbons (Fsp3) is 0.190. The van der Waals surface area contributed by atoms with Crippen molar-refractivity contribution in [2.24, 2.45) is 0 Å². The van der Waals surface area contributed by atoms with Crippen LogP contribution < -0.4 is 14.8 Å². The van der Waals surface area contributed by atoms with Crippen molar-refractivity contribution >= 4 is 51.9 Å². The largest absolute Gasteiger partial charge is 0.502 e. The summed E-state index contributed by atoms with van der Waals surface area (Å²) in [5.74, 6) is -1.38. The predicted octanol–water partition coefficient (Wildman–Crippen LogP) is 4.27. The topological polar surface area (TPSA) is 88.1 Å². The molecule has 1 aliphatic rings. The molecule has 1 saturated heterocycles. The highest BCUT2D eigenvalue weighted by molar-refractivity contribution is 8.26. The molecule has 33 heavy (non-hydrogen) atoms. The number of ether oxygens (including phenoxy) is 2. The molecule has 174 valence electrons. The number of nitrogens with one attached hydrogen (secondary N) is 1. The van der Waals surface area contributed by atoms with E-state index in [1.807, 2.05) is 0 Å². The summed E-state index contributed by atoms with van der Waals surface area (Å²) in [6.45, 7) is -0.559. The standard InChI is InChI=1S/C21H17F3N2O5S2/c1-30-14-7-11(8-15(31-2)18(14)28)9-16-19(29)26(20(32)33-16)10-17(27)25-13-6-4-3-5-12(13)21(22,23)24/h3-9,28H,10H2,1-2H3,(H,25,27)/b16-9-. The van der Waals surface area contributed by atoms with E-state index in [4.69, 9.17) is 21.7 Å². The first-order chi connectivity index (χ1) is 15.5. The second-order valence-corrected chi connectivity index (χ2v) is 8.31. The molecule has 1 fully saturated rings. The molecule has 0 bridgehead atoms. The molecule has 2 amide bonds. The zero-order valence-corrected chi connectivity index (χ0v) is 18.9. The number of alkyl halides is 3. The predicted molar refractivity (Wildman–Crippen MR) is 121 cm³/mol. The summed E-state index contributed by atoms with van der Waals surface area (Å²) < 4.78 is 49.7. The minimum atomic E-state index is -4.65. The number of rotatable bonds is 6. The number of carbonyl (C=O) groups excluding carboxylic acids is 2. The summed E-state index contributed by atoms with van der Waals surface area (Å²) in [5, 5.41) is 12.2. The highest BCUT2D eigenvalue weighted by Gasteiger charge is 2.36. The molecule has 7 nitrogen and oxygen atoms in total. The van der Waals surface area contributed by atoms with E-state index in [2.05, 4.69) is 5.32 Å². The SMILES string of the molecule is COc1cc(/C=C2\SC(=S)N(CC(=O)Nc3ccccc3C(F)(F)F)C2=O)cc(OC)c1O. The molecule has 3 rings (SSSR count). The van der Waals surface area contributed by atoms with Gasteiger partial charge >= 0.3 is 6.18 Å². The summed E-state index contributed by atoms with van der Waals surface area (Å²) in [5.41, 5.74) is -0.955. The number of halogens is 3. The molecule has 0 unspecified atom stereocenters. The van der Waals surface area contributed by atoms with Crippen molar-refractivity contribution in [2.75, 3.05) is 26.1 Å². The maximum atomic E-state index is 13.1. The molecule has 0 saturated carbocycles. The average Bonchev–Trinajstić information content (AvgIpc) is 3.01. The number of anilines is 1. The number of methoxy groups -OCH3 is 2. The number of thioether (sulfide) groups is 1. The second-order valence-electron chi connectivity index (χ2n) is 6.63. The van der Waals surface area contributed by atoms with Gasteiger partial charge in [0.15, 0.2) is 11.5 Å². The van der Waals surface area contributed by atoms with E-state index in [-0.39, 0.29) is 26.5 Å². The lowest BCUT2D eigenvalue weighted by molar-refractivity contribution is -0.137. The van der Waals surface area contributed by atoms with Crippen LogP contribution in [0.25, 0.3) is 6.08 Å². The fourth-order valence-electron chi connectivity index (χ4n) is 2.96. The molecular formula is C21H17F3N2O5S2. The number of hydrogen-bond donors (Lipinski definition) is 2. The second kappa shape index (κ2) is 9.71. The Balaban J connectivity index is 1.78. The van der Waals surface area contributed by atoms with Crippen LogP contribution in [-0.4, -0.2) is 46.9 Å². The van der Waals surface area contributed by atoms with Gasteiger partial charge in [0.1, 0.15) is 10.9 Å². The lowest BCUT2D eigenvalue weighted by atomic mass is 10.1. The lowest BCUT2D eigenvalue weighted by Gasteiger charge is -2.16. The molecular weight excluding hydrogens is 481 g/mol. The number of nitrogens with zero attached hydrogens (tertiary/aromatic N) is 1. The number of para-hydroxylation sites is 1. The first-order valence-corrected chi connectivity index (χ1v) is 10.4. The van der Waals surface area contributed by atoms with E-state index in [1.54, 1.807) is 0 Å². The van der Waals surface area contributed by atoms with Crippen LogP contribution in [0, 0.1) is 0 Å². The molecule has 0 atom stereocenters. The third-order valence-corrected chi connectivity index (χ3v) is 5.86. The number of carbonyl (C=O) groups is 2. The van der Waals surface area contributed by atoms with Crippen molar-refractivity contribution in [1.82, 2.24) is 4.90 Å². The van der Waals surface area contributed by atoms with Gasteiger partial charge in [0.05, 0.1) is 30.4 Å². The Hall–Kier alpha value is -3.25. The van der Waals surface area contributed by atoms with Crippen LogP contribution in [0.3, 0.4) is 0 Å². The quantitative estimate of drug-likeness (QED) is 0.454. The summed E-state index contributed by atoms with van der Waals surface area (Å²) in [6.07, 6.45) is -3.18. The molecule has 1 aliphatic heterocycles. The van der Waals surface area contributed by atoms with Gasteiger partial charge in [0.2, 0.25) is 11.7 Å². The van der Waals surface area contributed by atoms with Crippen LogP contribution in [0.4, 0.5) is 18.9 Å². The van der Waals surface area contributed by atoms with Gasteiger partial charge in [-0.25, -0.2) is 0 Å². The first-order valence-electron chi connectivity index (χ1n) is 9.21. The fourth-order valence-corrected chi connectivity index (χ4v) is 4.21. The van der Waals surface area contributed by atoms with Gasteiger partial charge < -0.3 is 19.9 Å². The summed E-state index contributed by atoms with van der Waals surface area (Å²) in [6, 6.07) is 7.48. The van der Waals surface area contributed by atoms with E-state index < -0.39 is 35.8 Å². The van der Waals surface area contributed by atoms with Gasteiger partial charge in [-0.15, -0.1) is 0 Å². The number of phenolic OH excluding ortho intramolecular Hbond substituents is 1. The summed E-state index contributed by atoms with van der Waals surface area (Å²) >= 11 is 6.10. The smallest absolute Gasteiger partial charge is 0.418 e. The Morgan fingerprint density at radius 3 is 2.39 bits per heavy atom. The van der Waals surface area contributed by atoms with Gasteiger partial charge in [-0.05, 0) is 35.9 Å². The van der Waals surface area contributed by atoms with E-state index in [0.29, 0.717) is 5.56 Å². The Morgan fingerprint density at radius 2 is 1.82 bits per heavy atom. The number of aromatic hydroxyl groups is 1. The highest BCUT2D eigenvalue weighted by atomic mass is 32.2. The summed E-state index contributed by atoms with van der Waals surface area (Å²) in [4.78, 5) is 26.3. The van der Waals surface area contributed by atoms with Crippen molar-refractivity contribution in [3.63, 3.8) is 0 Å². The molecule has 12 heteroatoms. The van der Waals surface area contributed by atoms with Crippen molar-refractivity contribution in [2.45, 2.75) is 6.18 Å². The Labute approximate surface area is 196 Å². The number of thiocarbonyl (C=S) groups is 1. The number of hydrogen-bond acceptors (Lipinski definition) is 7. The molecule has 0 aliphatic carbocycles. The molecule has 0 spiro atoms. The zero-order valence-electron chi connectivity index (χ0n) is 17.2. The highest BCUT2D eigenvalue weighted by Crippen LogP contribution is 2.39. The molecule has 0 radical (unpaired) electrons. The third-order valence-electron chi connectivity index (χ3n) is 4.48. The van der Waals surface area contributed by atoms with Gasteiger partial charge in [-0.2, -0.15) is 13.2 Å². The van der Waals surface area contributed by atoms with Crippen LogP contribution in [0.1, 0.15) is 11.1 Å². The minimum Gasteiger partial charge on any atom is -0.502 e. The van der Waals surface area contributed by atoms with Crippen molar-refractivity contribution in [3.8, 4) is 17.2 Å². The number of amides is 2. The lowest BCUT2D eigenvalue weighted by Crippen LogP contribution is -2.36. The van der Waals surface area contributed by atoms with Crippen LogP contribution >= 0.6 is 24.0 Å². The molecule has 2 aromatic carbocycles. The average molecular weight is 499 g/mol. The van der Waals surface area contributed by atoms with Crippen molar-refractivity contribution in [3.05, 3.63) is 52.4 Å². The maximum Gasteiger partial charge on any atom is 0.418 e. The van der Waals surface area contributed by atoms with Gasteiger partial charge in [-0.3, -0.25) is 14.5 Å². The van der Waals surface area contributed by atoms with Crippen molar-refractivity contribution < 1.29 is 37.3 Å². The first kappa shape index (κ1) is 24.4. The van der Waals surface area contributed by atoms with Crippen molar-refractivity contribution in [1.29, 1.82) is 0 Å². The monoisotopic (exact) mass is 498 g/mol. The molecule has 1 heterocycles. The Kier molecular flexibility index (Phi) is 7.18.